The van der Waals surface area contributed by atoms with Crippen molar-refractivity contribution in [1.29, 1.82) is 0 Å². The predicted octanol–water partition coefficient (Wildman–Crippen LogP) is 1.28. The molecule has 6 nitrogen and oxygen atoms in total. The van der Waals surface area contributed by atoms with Crippen LogP contribution in [0.4, 0.5) is 5.95 Å². The van der Waals surface area contributed by atoms with Gasteiger partial charge < -0.3 is 15.0 Å². The fourth-order valence-electron chi connectivity index (χ4n) is 3.00. The molecule has 0 saturated carbocycles. The molecular formula is C15H19N5O. The van der Waals surface area contributed by atoms with Crippen LogP contribution in [0.5, 0.6) is 5.75 Å². The van der Waals surface area contributed by atoms with Gasteiger partial charge in [0.2, 0.25) is 5.95 Å². The third kappa shape index (κ3) is 2.35. The summed E-state index contributed by atoms with van der Waals surface area (Å²) in [5, 5.41) is 10.8. The Hall–Kier alpha value is -2.08. The smallest absolute Gasteiger partial charge is 0.244 e. The molecule has 1 fully saturated rings. The van der Waals surface area contributed by atoms with Gasteiger partial charge in [0.25, 0.3) is 0 Å². The van der Waals surface area contributed by atoms with Crippen LogP contribution in [0.2, 0.25) is 0 Å². The van der Waals surface area contributed by atoms with Crippen molar-refractivity contribution in [2.24, 2.45) is 0 Å². The lowest BCUT2D eigenvalue weighted by molar-refractivity contribution is 0.228. The van der Waals surface area contributed by atoms with Gasteiger partial charge in [-0.15, -0.1) is 5.10 Å². The molecule has 2 aliphatic rings. The van der Waals surface area contributed by atoms with Crippen LogP contribution in [0.1, 0.15) is 24.4 Å². The largest absolute Gasteiger partial charge is 0.482 e. The minimum absolute atomic E-state index is 0.0519. The van der Waals surface area contributed by atoms with Gasteiger partial charge in [-0.3, -0.25) is 5.10 Å². The number of fused-ring (bicyclic) bond motifs is 1. The number of aromatic nitrogens is 3. The highest BCUT2D eigenvalue weighted by Gasteiger charge is 2.28. The van der Waals surface area contributed by atoms with Gasteiger partial charge in [0.1, 0.15) is 5.75 Å². The third-order valence-electron chi connectivity index (χ3n) is 4.09. The highest BCUT2D eigenvalue weighted by molar-refractivity contribution is 5.39. The average Bonchev–Trinajstić information content (AvgIpc) is 3.14. The number of ether oxygens (including phenoxy) is 1. The fourth-order valence-corrected chi connectivity index (χ4v) is 3.00. The summed E-state index contributed by atoms with van der Waals surface area (Å²) in [5.41, 5.74) is 1.23. The van der Waals surface area contributed by atoms with Crippen molar-refractivity contribution in [1.82, 2.24) is 20.5 Å². The van der Waals surface area contributed by atoms with Gasteiger partial charge in [-0.2, -0.15) is 4.98 Å². The second-order valence-corrected chi connectivity index (χ2v) is 5.74. The zero-order chi connectivity index (χ0) is 14.2. The fraction of sp³-hybridized carbons (Fsp3) is 0.467. The number of piperazine rings is 1. The van der Waals surface area contributed by atoms with Gasteiger partial charge in [0.15, 0.2) is 11.9 Å². The first-order chi connectivity index (χ1) is 10.3. The van der Waals surface area contributed by atoms with Gasteiger partial charge in [-0.05, 0) is 18.6 Å². The van der Waals surface area contributed by atoms with Crippen molar-refractivity contribution < 1.29 is 4.74 Å². The Bertz CT molecular complexity index is 615. The lowest BCUT2D eigenvalue weighted by atomic mass is 10.1. The van der Waals surface area contributed by atoms with E-state index in [1.165, 1.54) is 5.56 Å². The first kappa shape index (κ1) is 12.6. The minimum Gasteiger partial charge on any atom is -0.482 e. The molecule has 6 heteroatoms. The van der Waals surface area contributed by atoms with E-state index >= 15 is 0 Å². The van der Waals surface area contributed by atoms with Crippen LogP contribution in [0.3, 0.4) is 0 Å². The second kappa shape index (κ2) is 5.04. The van der Waals surface area contributed by atoms with E-state index in [0.29, 0.717) is 6.04 Å². The molecule has 2 N–H and O–H groups in total. The maximum absolute atomic E-state index is 5.95. The molecule has 0 spiro atoms. The van der Waals surface area contributed by atoms with E-state index < -0.39 is 0 Å². The van der Waals surface area contributed by atoms with E-state index in [1.807, 2.05) is 18.2 Å². The monoisotopic (exact) mass is 285 g/mol. The first-order valence-corrected chi connectivity index (χ1v) is 7.45. The minimum atomic E-state index is -0.0519. The molecule has 1 aromatic carbocycles. The van der Waals surface area contributed by atoms with Gasteiger partial charge >= 0.3 is 0 Å². The first-order valence-electron chi connectivity index (χ1n) is 7.45. The van der Waals surface area contributed by atoms with Crippen molar-refractivity contribution in [3.63, 3.8) is 0 Å². The van der Waals surface area contributed by atoms with E-state index in [9.17, 15) is 0 Å². The molecular weight excluding hydrogens is 266 g/mol. The SMILES string of the molecule is C[C@@H]1CN(c2n[nH]c(C3Cc4ccccc4O3)n2)CCN1. The van der Waals surface area contributed by atoms with Crippen LogP contribution in [0.15, 0.2) is 24.3 Å². The van der Waals surface area contributed by atoms with E-state index in [1.54, 1.807) is 0 Å². The third-order valence-corrected chi connectivity index (χ3v) is 4.09. The number of benzene rings is 1. The Morgan fingerprint density at radius 3 is 3.10 bits per heavy atom. The summed E-state index contributed by atoms with van der Waals surface area (Å²) in [6, 6.07) is 8.61. The maximum Gasteiger partial charge on any atom is 0.244 e. The van der Waals surface area contributed by atoms with E-state index in [2.05, 4.69) is 38.4 Å². The maximum atomic E-state index is 5.95. The number of hydrogen-bond donors (Lipinski definition) is 2. The molecule has 4 rings (SSSR count). The number of aromatic amines is 1. The standard InChI is InChI=1S/C15H19N5O/c1-10-9-20(7-6-16-10)15-17-14(18-19-15)13-8-11-4-2-3-5-12(11)21-13/h2-5,10,13,16H,6-9H2,1H3,(H,17,18,19)/t10-,13?/m1/s1. The van der Waals surface area contributed by atoms with E-state index in [-0.39, 0.29) is 6.10 Å². The van der Waals surface area contributed by atoms with Gasteiger partial charge in [-0.25, -0.2) is 0 Å². The summed E-state index contributed by atoms with van der Waals surface area (Å²) in [4.78, 5) is 6.85. The summed E-state index contributed by atoms with van der Waals surface area (Å²) in [6.45, 7) is 5.02. The molecule has 0 aliphatic carbocycles. The quantitative estimate of drug-likeness (QED) is 0.870. The van der Waals surface area contributed by atoms with Crippen molar-refractivity contribution in [3.05, 3.63) is 35.7 Å². The van der Waals surface area contributed by atoms with Crippen LogP contribution in [-0.4, -0.2) is 40.9 Å². The average molecular weight is 285 g/mol. The Kier molecular flexibility index (Phi) is 3.03. The summed E-state index contributed by atoms with van der Waals surface area (Å²) in [7, 11) is 0. The number of nitrogens with one attached hydrogen (secondary N) is 2. The normalized spacial score (nSPS) is 24.7. The molecule has 21 heavy (non-hydrogen) atoms. The molecule has 2 atom stereocenters. The zero-order valence-electron chi connectivity index (χ0n) is 12.0. The van der Waals surface area contributed by atoms with Gasteiger partial charge in [-0.1, -0.05) is 18.2 Å². The molecule has 1 unspecified atom stereocenters. The molecule has 0 radical (unpaired) electrons. The number of H-pyrrole nitrogens is 1. The van der Waals surface area contributed by atoms with Crippen molar-refractivity contribution in [2.45, 2.75) is 25.5 Å². The highest BCUT2D eigenvalue weighted by atomic mass is 16.5. The molecule has 1 aromatic heterocycles. The van der Waals surface area contributed by atoms with Crippen LogP contribution >= 0.6 is 0 Å². The van der Waals surface area contributed by atoms with Crippen molar-refractivity contribution in [2.75, 3.05) is 24.5 Å². The number of para-hydroxylation sites is 1. The van der Waals surface area contributed by atoms with E-state index in [0.717, 1.165) is 43.6 Å². The Morgan fingerprint density at radius 2 is 2.24 bits per heavy atom. The predicted molar refractivity (Wildman–Crippen MR) is 79.6 cm³/mol. The Morgan fingerprint density at radius 1 is 1.33 bits per heavy atom. The molecule has 0 bridgehead atoms. The molecule has 2 aliphatic heterocycles. The molecule has 1 saturated heterocycles. The number of rotatable bonds is 2. The van der Waals surface area contributed by atoms with Gasteiger partial charge in [0.05, 0.1) is 0 Å². The van der Waals surface area contributed by atoms with Crippen LogP contribution in [-0.2, 0) is 6.42 Å². The lowest BCUT2D eigenvalue weighted by Gasteiger charge is -2.30. The van der Waals surface area contributed by atoms with Crippen LogP contribution < -0.4 is 15.0 Å². The summed E-state index contributed by atoms with van der Waals surface area (Å²) in [5.74, 6) is 2.54. The van der Waals surface area contributed by atoms with Crippen molar-refractivity contribution in [3.8, 4) is 5.75 Å². The summed E-state index contributed by atoms with van der Waals surface area (Å²) >= 11 is 0. The second-order valence-electron chi connectivity index (χ2n) is 5.74. The summed E-state index contributed by atoms with van der Waals surface area (Å²) < 4.78 is 5.95. The molecule has 0 amide bonds. The van der Waals surface area contributed by atoms with Crippen LogP contribution in [0.25, 0.3) is 0 Å². The highest BCUT2D eigenvalue weighted by Crippen LogP contribution is 2.35. The molecule has 3 heterocycles. The topological polar surface area (TPSA) is 66.1 Å². The summed E-state index contributed by atoms with van der Waals surface area (Å²) in [6.07, 6.45) is 0.798. The molecule has 2 aromatic rings. The lowest BCUT2D eigenvalue weighted by Crippen LogP contribution is -2.49. The van der Waals surface area contributed by atoms with Crippen LogP contribution in [0, 0.1) is 0 Å². The van der Waals surface area contributed by atoms with Crippen molar-refractivity contribution >= 4 is 5.95 Å². The zero-order valence-corrected chi connectivity index (χ0v) is 12.0. The number of anilines is 1. The Balaban J connectivity index is 1.51. The Labute approximate surface area is 123 Å². The molecule has 110 valence electrons. The van der Waals surface area contributed by atoms with Gasteiger partial charge in [0, 0.05) is 32.1 Å². The number of nitrogens with zero attached hydrogens (tertiary/aromatic N) is 3. The number of hydrogen-bond acceptors (Lipinski definition) is 5. The van der Waals surface area contributed by atoms with E-state index in [4.69, 9.17) is 4.74 Å².